The van der Waals surface area contributed by atoms with Gasteiger partial charge in [0, 0.05) is 61.6 Å². The summed E-state index contributed by atoms with van der Waals surface area (Å²) in [5, 5.41) is 7.29. The van der Waals surface area contributed by atoms with Gasteiger partial charge in [0.2, 0.25) is 0 Å². The van der Waals surface area contributed by atoms with Gasteiger partial charge in [0.1, 0.15) is 13.1 Å². The lowest BCUT2D eigenvalue weighted by atomic mass is 9.99. The van der Waals surface area contributed by atoms with Crippen LogP contribution in [0.3, 0.4) is 0 Å². The van der Waals surface area contributed by atoms with E-state index in [4.69, 9.17) is 0 Å². The minimum absolute atomic E-state index is 0. The highest BCUT2D eigenvalue weighted by atomic mass is 35.5. The van der Waals surface area contributed by atoms with Crippen molar-refractivity contribution >= 4 is 11.4 Å². The summed E-state index contributed by atoms with van der Waals surface area (Å²) >= 11 is 0. The maximum absolute atomic E-state index is 3.65. The zero-order chi connectivity index (χ0) is 28.7. The summed E-state index contributed by atoms with van der Waals surface area (Å²) in [7, 11) is 0. The molecule has 6 heteroatoms. The molecule has 0 aliphatic rings. The molecule has 0 saturated heterocycles. The van der Waals surface area contributed by atoms with E-state index in [1.54, 1.807) is 0 Å². The minimum Gasteiger partial charge on any atom is -1.00 e. The first kappa shape index (κ1) is 40.5. The van der Waals surface area contributed by atoms with Gasteiger partial charge in [0.05, 0.1) is 0 Å². The summed E-state index contributed by atoms with van der Waals surface area (Å²) in [6.45, 7) is 13.7. The van der Waals surface area contributed by atoms with Gasteiger partial charge in [-0.15, -0.1) is 0 Å². The fraction of sp³-hybridized carbons (Fsp3) is 0.722. The molecule has 2 unspecified atom stereocenters. The Kier molecular flexibility index (Phi) is 26.1. The first-order chi connectivity index (χ1) is 19.7. The standard InChI is InChI=1S/C36H62N4.2ClH/c1-5-9-19-33(7-3)31-37-35-21-27-39(28-22-35)25-17-15-13-11-12-14-16-18-26-40-29-23-36(24-30-40)38-32-34(8-4)20-10-6-2;;/h21-24,27-30,33-34H,5-20,25-26,31-32H2,1-4H3;2*1H. The molecule has 0 radical (unpaired) electrons. The Bertz CT molecular complexity index is 773. The second-order valence-electron chi connectivity index (χ2n) is 12.1. The summed E-state index contributed by atoms with van der Waals surface area (Å²) < 4.78 is 4.69. The molecule has 0 spiro atoms. The zero-order valence-electron chi connectivity index (χ0n) is 27.6. The Morgan fingerprint density at radius 2 is 0.833 bits per heavy atom. The SMILES string of the molecule is CCCCC(CC)CNc1cc[n+](CCCCCCCCCC[n+]2ccc(NCC(CC)CCCC)cc2)cc1.[Cl-].[Cl-]. The number of anilines is 2. The van der Waals surface area contributed by atoms with E-state index in [0.717, 1.165) is 38.0 Å². The van der Waals surface area contributed by atoms with Crippen LogP contribution in [0.25, 0.3) is 0 Å². The van der Waals surface area contributed by atoms with Gasteiger partial charge in [0.15, 0.2) is 24.8 Å². The molecule has 0 aliphatic carbocycles. The molecule has 0 fully saturated rings. The van der Waals surface area contributed by atoms with E-state index in [1.807, 2.05) is 0 Å². The minimum atomic E-state index is 0. The van der Waals surface area contributed by atoms with Crippen LogP contribution in [0.5, 0.6) is 0 Å². The number of hydrogen-bond acceptors (Lipinski definition) is 2. The van der Waals surface area contributed by atoms with Gasteiger partial charge in [-0.2, -0.15) is 0 Å². The van der Waals surface area contributed by atoms with E-state index in [1.165, 1.54) is 114 Å². The van der Waals surface area contributed by atoms with Crippen LogP contribution in [0.1, 0.15) is 130 Å². The van der Waals surface area contributed by atoms with Crippen molar-refractivity contribution in [1.82, 2.24) is 0 Å². The molecular formula is C36H64Cl2N4. The number of pyridine rings is 2. The second kappa shape index (κ2) is 27.1. The smallest absolute Gasteiger partial charge is 0.170 e. The summed E-state index contributed by atoms with van der Waals surface area (Å²) in [6.07, 6.45) is 30.3. The van der Waals surface area contributed by atoms with E-state index in [0.29, 0.717) is 0 Å². The van der Waals surface area contributed by atoms with Crippen LogP contribution in [0, 0.1) is 11.8 Å². The highest BCUT2D eigenvalue weighted by Gasteiger charge is 2.08. The maximum Gasteiger partial charge on any atom is 0.170 e. The fourth-order valence-corrected chi connectivity index (χ4v) is 5.51. The van der Waals surface area contributed by atoms with Crippen LogP contribution in [-0.2, 0) is 13.1 Å². The van der Waals surface area contributed by atoms with Gasteiger partial charge >= 0.3 is 0 Å². The van der Waals surface area contributed by atoms with Crippen molar-refractivity contribution < 1.29 is 33.9 Å². The Balaban J connectivity index is 0.00000840. The molecule has 2 atom stereocenters. The molecule has 0 aromatic carbocycles. The molecule has 2 aromatic rings. The first-order valence-electron chi connectivity index (χ1n) is 17.1. The van der Waals surface area contributed by atoms with Crippen LogP contribution < -0.4 is 44.6 Å². The van der Waals surface area contributed by atoms with E-state index in [-0.39, 0.29) is 24.8 Å². The topological polar surface area (TPSA) is 31.8 Å². The molecule has 2 rings (SSSR count). The molecule has 2 N–H and O–H groups in total. The lowest BCUT2D eigenvalue weighted by molar-refractivity contribution is -0.697. The quantitative estimate of drug-likeness (QED) is 0.131. The molecular weight excluding hydrogens is 559 g/mol. The number of nitrogens with zero attached hydrogens (tertiary/aromatic N) is 2. The van der Waals surface area contributed by atoms with Crippen molar-refractivity contribution in [3.8, 4) is 0 Å². The number of aryl methyl sites for hydroxylation is 2. The van der Waals surface area contributed by atoms with Crippen molar-refractivity contribution in [2.24, 2.45) is 11.8 Å². The Morgan fingerprint density at radius 3 is 1.14 bits per heavy atom. The van der Waals surface area contributed by atoms with Crippen molar-refractivity contribution in [2.45, 2.75) is 144 Å². The van der Waals surface area contributed by atoms with Crippen molar-refractivity contribution in [1.29, 1.82) is 0 Å². The molecule has 4 nitrogen and oxygen atoms in total. The Labute approximate surface area is 272 Å². The number of hydrogen-bond donors (Lipinski definition) is 2. The van der Waals surface area contributed by atoms with Crippen LogP contribution in [-0.4, -0.2) is 13.1 Å². The third kappa shape index (κ3) is 18.9. The third-order valence-corrected chi connectivity index (χ3v) is 8.64. The first-order valence-corrected chi connectivity index (χ1v) is 17.1. The fourth-order valence-electron chi connectivity index (χ4n) is 5.51. The van der Waals surface area contributed by atoms with Gasteiger partial charge in [-0.25, -0.2) is 9.13 Å². The van der Waals surface area contributed by atoms with E-state index < -0.39 is 0 Å². The number of aromatic nitrogens is 2. The summed E-state index contributed by atoms with van der Waals surface area (Å²) in [5.74, 6) is 1.59. The second-order valence-corrected chi connectivity index (χ2v) is 12.1. The van der Waals surface area contributed by atoms with Gasteiger partial charge in [-0.3, -0.25) is 0 Å². The predicted octanol–water partition coefficient (Wildman–Crippen LogP) is 3.35. The van der Waals surface area contributed by atoms with Crippen LogP contribution in [0.15, 0.2) is 49.1 Å². The number of unbranched alkanes of at least 4 members (excludes halogenated alkanes) is 9. The average molecular weight is 624 g/mol. The molecule has 0 bridgehead atoms. The summed E-state index contributed by atoms with van der Waals surface area (Å²) in [5.41, 5.74) is 2.52. The van der Waals surface area contributed by atoms with E-state index in [9.17, 15) is 0 Å². The van der Waals surface area contributed by atoms with E-state index >= 15 is 0 Å². The Morgan fingerprint density at radius 1 is 0.500 bits per heavy atom. The van der Waals surface area contributed by atoms with Gasteiger partial charge in [-0.1, -0.05) is 91.9 Å². The average Bonchev–Trinajstić information content (AvgIpc) is 2.99. The third-order valence-electron chi connectivity index (χ3n) is 8.64. The van der Waals surface area contributed by atoms with Gasteiger partial charge < -0.3 is 35.4 Å². The largest absolute Gasteiger partial charge is 1.00 e. The highest BCUT2D eigenvalue weighted by molar-refractivity contribution is 5.40. The maximum atomic E-state index is 3.65. The lowest BCUT2D eigenvalue weighted by Gasteiger charge is -2.15. The summed E-state index contributed by atoms with van der Waals surface area (Å²) in [4.78, 5) is 0. The number of halogens is 2. The predicted molar refractivity (Wildman–Crippen MR) is 174 cm³/mol. The molecule has 2 heterocycles. The van der Waals surface area contributed by atoms with Crippen LogP contribution in [0.4, 0.5) is 11.4 Å². The molecule has 0 amide bonds. The molecule has 242 valence electrons. The van der Waals surface area contributed by atoms with Gasteiger partial charge in [-0.05, 0) is 37.5 Å². The van der Waals surface area contributed by atoms with Crippen LogP contribution in [0.2, 0.25) is 0 Å². The number of nitrogens with one attached hydrogen (secondary N) is 2. The number of rotatable bonds is 25. The molecule has 2 aromatic heterocycles. The van der Waals surface area contributed by atoms with Crippen molar-refractivity contribution in [2.75, 3.05) is 23.7 Å². The van der Waals surface area contributed by atoms with Crippen molar-refractivity contribution in [3.63, 3.8) is 0 Å². The van der Waals surface area contributed by atoms with Gasteiger partial charge in [0.25, 0.3) is 0 Å². The normalized spacial score (nSPS) is 12.2. The zero-order valence-corrected chi connectivity index (χ0v) is 29.1. The van der Waals surface area contributed by atoms with Crippen LogP contribution >= 0.6 is 0 Å². The van der Waals surface area contributed by atoms with E-state index in [2.05, 4.69) is 96.5 Å². The summed E-state index contributed by atoms with van der Waals surface area (Å²) in [6, 6.07) is 8.97. The molecule has 42 heavy (non-hydrogen) atoms. The molecule has 0 saturated carbocycles. The Hall–Kier alpha value is -1.52. The van der Waals surface area contributed by atoms with Crippen molar-refractivity contribution in [3.05, 3.63) is 49.1 Å². The highest BCUT2D eigenvalue weighted by Crippen LogP contribution is 2.15. The lowest BCUT2D eigenvalue weighted by Crippen LogP contribution is -3.00. The molecule has 0 aliphatic heterocycles. The monoisotopic (exact) mass is 622 g/mol.